The molecule has 4 N–H and O–H groups in total. The van der Waals surface area contributed by atoms with Crippen LogP contribution in [0.2, 0.25) is 0 Å². The summed E-state index contributed by atoms with van der Waals surface area (Å²) in [5, 5.41) is 13.9. The van der Waals surface area contributed by atoms with Crippen molar-refractivity contribution in [2.75, 3.05) is 10.6 Å². The molecular formula is C23H18F4N4. The zero-order chi connectivity index (χ0) is 22.0. The largest absolute Gasteiger partial charge is 0.412 e. The number of rotatable bonds is 6. The molecule has 8 heteroatoms. The summed E-state index contributed by atoms with van der Waals surface area (Å²) in [5.41, 5.74) is 2.33. The van der Waals surface area contributed by atoms with Crippen LogP contribution in [0, 0.1) is 11.2 Å². The van der Waals surface area contributed by atoms with Gasteiger partial charge in [0.1, 0.15) is 11.9 Å². The van der Waals surface area contributed by atoms with Crippen LogP contribution in [0.1, 0.15) is 17.2 Å². The van der Waals surface area contributed by atoms with Gasteiger partial charge in [0.2, 0.25) is 0 Å². The molecule has 0 aliphatic carbocycles. The van der Waals surface area contributed by atoms with E-state index in [2.05, 4.69) is 15.6 Å². The molecule has 0 saturated carbocycles. The smallest absolute Gasteiger partial charge is 0.370 e. The first-order valence-electron chi connectivity index (χ1n) is 9.41. The number of anilines is 3. The van der Waals surface area contributed by atoms with Gasteiger partial charge in [-0.1, -0.05) is 12.1 Å². The Hall–Kier alpha value is -3.81. The van der Waals surface area contributed by atoms with Gasteiger partial charge in [-0.25, -0.2) is 4.39 Å². The molecule has 0 aliphatic heterocycles. The first kappa shape index (κ1) is 20.5. The fourth-order valence-corrected chi connectivity index (χ4v) is 3.40. The molecule has 1 aromatic heterocycles. The summed E-state index contributed by atoms with van der Waals surface area (Å²) in [6, 6.07) is 14.5. The number of nitrogens with one attached hydrogen (secondary N) is 4. The molecule has 0 saturated heterocycles. The van der Waals surface area contributed by atoms with Crippen LogP contribution >= 0.6 is 0 Å². The van der Waals surface area contributed by atoms with Crippen LogP contribution in [0.25, 0.3) is 10.9 Å². The average molecular weight is 426 g/mol. The summed E-state index contributed by atoms with van der Waals surface area (Å²) in [5.74, 6) is -0.398. The van der Waals surface area contributed by atoms with Crippen LogP contribution in [0.5, 0.6) is 0 Å². The highest BCUT2D eigenvalue weighted by molar-refractivity contribution is 5.92. The number of aromatic nitrogens is 1. The Morgan fingerprint density at radius 1 is 0.935 bits per heavy atom. The Balaban J connectivity index is 1.68. The lowest BCUT2D eigenvalue weighted by Crippen LogP contribution is -2.28. The quantitative estimate of drug-likeness (QED) is 0.203. The standard InChI is InChI=1S/C23H18F4N4/c24-16-5-7-17(8-6-16)30-19-9-4-14(12-15(19)13-28)22(23(25,26)27)31-21-3-1-2-20-18(21)10-11-29-20/h1-13,22,28-31H. The van der Waals surface area contributed by atoms with Gasteiger partial charge in [0.25, 0.3) is 0 Å². The molecule has 0 bridgehead atoms. The molecule has 1 heterocycles. The Labute approximate surface area is 175 Å². The topological polar surface area (TPSA) is 63.7 Å². The predicted octanol–water partition coefficient (Wildman–Crippen LogP) is 6.76. The van der Waals surface area contributed by atoms with Crippen LogP contribution in [0.15, 0.2) is 72.9 Å². The fourth-order valence-electron chi connectivity index (χ4n) is 3.40. The lowest BCUT2D eigenvalue weighted by molar-refractivity contribution is -0.143. The van der Waals surface area contributed by atoms with Gasteiger partial charge in [0.15, 0.2) is 0 Å². The minimum atomic E-state index is -4.57. The third kappa shape index (κ3) is 4.37. The zero-order valence-corrected chi connectivity index (χ0v) is 16.1. The number of hydrogen-bond donors (Lipinski definition) is 4. The minimum Gasteiger partial charge on any atom is -0.370 e. The van der Waals surface area contributed by atoms with Gasteiger partial charge in [-0.3, -0.25) is 0 Å². The van der Waals surface area contributed by atoms with Crippen LogP contribution in [0.3, 0.4) is 0 Å². The highest BCUT2D eigenvalue weighted by Crippen LogP contribution is 2.38. The van der Waals surface area contributed by atoms with E-state index < -0.39 is 18.0 Å². The Bertz CT molecular complexity index is 1210. The normalized spacial score (nSPS) is 12.5. The maximum Gasteiger partial charge on any atom is 0.412 e. The summed E-state index contributed by atoms with van der Waals surface area (Å²) >= 11 is 0. The molecule has 31 heavy (non-hydrogen) atoms. The Morgan fingerprint density at radius 2 is 1.71 bits per heavy atom. The van der Waals surface area contributed by atoms with Gasteiger partial charge in [0.05, 0.1) is 0 Å². The third-order valence-corrected chi connectivity index (χ3v) is 4.91. The van der Waals surface area contributed by atoms with E-state index >= 15 is 0 Å². The van der Waals surface area contributed by atoms with Crippen molar-refractivity contribution >= 4 is 34.2 Å². The van der Waals surface area contributed by atoms with Crippen LogP contribution in [-0.4, -0.2) is 17.4 Å². The number of alkyl halides is 3. The van der Waals surface area contributed by atoms with Crippen LogP contribution in [0.4, 0.5) is 34.6 Å². The summed E-state index contributed by atoms with van der Waals surface area (Å²) in [4.78, 5) is 2.98. The number of halogens is 4. The molecule has 0 fully saturated rings. The van der Waals surface area contributed by atoms with Gasteiger partial charge in [0, 0.05) is 45.9 Å². The summed E-state index contributed by atoms with van der Waals surface area (Å²) in [6.45, 7) is 0. The molecule has 0 amide bonds. The average Bonchev–Trinajstić information content (AvgIpc) is 3.23. The van der Waals surface area contributed by atoms with E-state index in [4.69, 9.17) is 5.41 Å². The van der Waals surface area contributed by atoms with Crippen molar-refractivity contribution in [2.24, 2.45) is 0 Å². The SMILES string of the molecule is N=Cc1cc(C(Nc2cccc3[nH]ccc23)C(F)(F)F)ccc1Nc1ccc(F)cc1. The molecule has 0 aliphatic rings. The monoisotopic (exact) mass is 426 g/mol. The van der Waals surface area contributed by atoms with Crippen molar-refractivity contribution in [1.82, 2.24) is 4.98 Å². The molecule has 4 rings (SSSR count). The molecule has 3 aromatic carbocycles. The second-order valence-corrected chi connectivity index (χ2v) is 6.99. The summed E-state index contributed by atoms with van der Waals surface area (Å²) < 4.78 is 55.0. The van der Waals surface area contributed by atoms with E-state index in [9.17, 15) is 17.6 Å². The first-order valence-corrected chi connectivity index (χ1v) is 9.41. The summed E-state index contributed by atoms with van der Waals surface area (Å²) in [7, 11) is 0. The van der Waals surface area contributed by atoms with Gasteiger partial charge < -0.3 is 21.0 Å². The van der Waals surface area contributed by atoms with Crippen molar-refractivity contribution in [2.45, 2.75) is 12.2 Å². The highest BCUT2D eigenvalue weighted by atomic mass is 19.4. The van der Waals surface area contributed by atoms with Crippen molar-refractivity contribution in [3.8, 4) is 0 Å². The maximum absolute atomic E-state index is 14.0. The second kappa shape index (κ2) is 8.14. The lowest BCUT2D eigenvalue weighted by atomic mass is 10.0. The third-order valence-electron chi connectivity index (χ3n) is 4.91. The molecule has 158 valence electrons. The number of aromatic amines is 1. The van der Waals surface area contributed by atoms with E-state index in [0.29, 0.717) is 22.4 Å². The molecule has 4 nitrogen and oxygen atoms in total. The number of fused-ring (bicyclic) bond motifs is 1. The van der Waals surface area contributed by atoms with Gasteiger partial charge in [-0.15, -0.1) is 0 Å². The molecule has 1 atom stereocenters. The maximum atomic E-state index is 14.0. The van der Waals surface area contributed by atoms with Gasteiger partial charge in [-0.2, -0.15) is 13.2 Å². The van der Waals surface area contributed by atoms with Crippen LogP contribution in [-0.2, 0) is 0 Å². The highest BCUT2D eigenvalue weighted by Gasteiger charge is 2.41. The second-order valence-electron chi connectivity index (χ2n) is 6.99. The number of hydrogen-bond acceptors (Lipinski definition) is 3. The van der Waals surface area contributed by atoms with Gasteiger partial charge in [-0.05, 0) is 60.2 Å². The minimum absolute atomic E-state index is 0.0248. The Morgan fingerprint density at radius 3 is 2.42 bits per heavy atom. The molecule has 1 unspecified atom stereocenters. The molecule has 4 aromatic rings. The molecule has 0 spiro atoms. The van der Waals surface area contributed by atoms with Crippen molar-refractivity contribution in [3.05, 3.63) is 89.9 Å². The number of benzene rings is 3. The van der Waals surface area contributed by atoms with Crippen molar-refractivity contribution in [3.63, 3.8) is 0 Å². The van der Waals surface area contributed by atoms with Crippen LogP contribution < -0.4 is 10.6 Å². The van der Waals surface area contributed by atoms with E-state index in [1.165, 1.54) is 42.5 Å². The predicted molar refractivity (Wildman–Crippen MR) is 115 cm³/mol. The molecule has 0 radical (unpaired) electrons. The fraction of sp³-hybridized carbons (Fsp3) is 0.0870. The number of H-pyrrole nitrogens is 1. The van der Waals surface area contributed by atoms with Crippen molar-refractivity contribution in [1.29, 1.82) is 5.41 Å². The van der Waals surface area contributed by atoms with E-state index in [-0.39, 0.29) is 11.1 Å². The zero-order valence-electron chi connectivity index (χ0n) is 16.1. The Kier molecular flexibility index (Phi) is 5.37. The van der Waals surface area contributed by atoms with Crippen molar-refractivity contribution < 1.29 is 17.6 Å². The van der Waals surface area contributed by atoms with E-state index in [1.54, 1.807) is 30.5 Å². The van der Waals surface area contributed by atoms with E-state index in [1.807, 2.05) is 0 Å². The molecular weight excluding hydrogens is 408 g/mol. The van der Waals surface area contributed by atoms with E-state index in [0.717, 1.165) is 11.7 Å². The van der Waals surface area contributed by atoms with Gasteiger partial charge >= 0.3 is 6.18 Å². The lowest BCUT2D eigenvalue weighted by Gasteiger charge is -2.24. The first-order chi connectivity index (χ1) is 14.8. The summed E-state index contributed by atoms with van der Waals surface area (Å²) in [6.07, 6.45) is -1.92.